The van der Waals surface area contributed by atoms with E-state index in [1.165, 1.54) is 6.07 Å². The smallest absolute Gasteiger partial charge is 0.220 e. The van der Waals surface area contributed by atoms with Crippen LogP contribution in [0.1, 0.15) is 38.2 Å². The van der Waals surface area contributed by atoms with Gasteiger partial charge in [0, 0.05) is 18.0 Å². The van der Waals surface area contributed by atoms with Gasteiger partial charge in [0.05, 0.1) is 5.54 Å². The van der Waals surface area contributed by atoms with Crippen molar-refractivity contribution in [3.63, 3.8) is 0 Å². The molecule has 1 aliphatic carbocycles. The molecule has 5 heteroatoms. The summed E-state index contributed by atoms with van der Waals surface area (Å²) in [6, 6.07) is 6.65. The SMILES string of the molecule is CC(N)CCC(=O)NC1(c2ccccc2F)CC1.Cl. The van der Waals surface area contributed by atoms with Gasteiger partial charge in [0.1, 0.15) is 5.82 Å². The number of hydrogen-bond acceptors (Lipinski definition) is 2. The molecule has 1 aromatic rings. The summed E-state index contributed by atoms with van der Waals surface area (Å²) in [5.74, 6) is -0.296. The fourth-order valence-electron chi connectivity index (χ4n) is 2.12. The van der Waals surface area contributed by atoms with Crippen LogP contribution in [-0.4, -0.2) is 11.9 Å². The van der Waals surface area contributed by atoms with Gasteiger partial charge in [-0.05, 0) is 32.3 Å². The predicted octanol–water partition coefficient (Wildman–Crippen LogP) is 2.48. The fraction of sp³-hybridized carbons (Fsp3) is 0.500. The molecule has 1 aliphatic rings. The van der Waals surface area contributed by atoms with Gasteiger partial charge in [-0.15, -0.1) is 12.4 Å². The van der Waals surface area contributed by atoms with Crippen LogP contribution in [0.15, 0.2) is 24.3 Å². The zero-order valence-electron chi connectivity index (χ0n) is 11.0. The fourth-order valence-corrected chi connectivity index (χ4v) is 2.12. The Morgan fingerprint density at radius 3 is 2.63 bits per heavy atom. The van der Waals surface area contributed by atoms with Gasteiger partial charge in [-0.3, -0.25) is 4.79 Å². The van der Waals surface area contributed by atoms with Crippen molar-refractivity contribution in [2.45, 2.75) is 44.2 Å². The Balaban J connectivity index is 0.00000180. The van der Waals surface area contributed by atoms with Crippen LogP contribution in [0.5, 0.6) is 0 Å². The number of nitrogens with two attached hydrogens (primary N) is 1. The number of amides is 1. The molecule has 1 atom stereocenters. The van der Waals surface area contributed by atoms with Crippen molar-refractivity contribution >= 4 is 18.3 Å². The summed E-state index contributed by atoms with van der Waals surface area (Å²) in [5, 5.41) is 2.95. The number of halogens is 2. The van der Waals surface area contributed by atoms with E-state index in [2.05, 4.69) is 5.32 Å². The Bertz CT molecular complexity index is 447. The standard InChI is InChI=1S/C14H19FN2O.ClH/c1-10(16)6-7-13(18)17-14(8-9-14)11-4-2-3-5-12(11)15;/h2-5,10H,6-9,16H2,1H3,(H,17,18);1H. The van der Waals surface area contributed by atoms with Crippen molar-refractivity contribution in [2.24, 2.45) is 5.73 Å². The highest BCUT2D eigenvalue weighted by Crippen LogP contribution is 2.46. The molecule has 3 N–H and O–H groups in total. The van der Waals surface area contributed by atoms with E-state index in [1.807, 2.05) is 6.92 Å². The highest BCUT2D eigenvalue weighted by Gasteiger charge is 2.47. The second kappa shape index (κ2) is 6.35. The molecular weight excluding hydrogens is 267 g/mol. The van der Waals surface area contributed by atoms with Gasteiger partial charge in [-0.1, -0.05) is 18.2 Å². The Labute approximate surface area is 119 Å². The molecule has 1 amide bonds. The maximum Gasteiger partial charge on any atom is 0.220 e. The summed E-state index contributed by atoms with van der Waals surface area (Å²) in [5.41, 5.74) is 5.74. The summed E-state index contributed by atoms with van der Waals surface area (Å²) in [7, 11) is 0. The monoisotopic (exact) mass is 286 g/mol. The lowest BCUT2D eigenvalue weighted by molar-refractivity contribution is -0.122. The molecule has 1 unspecified atom stereocenters. The van der Waals surface area contributed by atoms with Crippen LogP contribution in [-0.2, 0) is 10.3 Å². The average Bonchev–Trinajstić information content (AvgIpc) is 3.08. The van der Waals surface area contributed by atoms with Crippen molar-refractivity contribution < 1.29 is 9.18 Å². The first kappa shape index (κ1) is 15.9. The summed E-state index contributed by atoms with van der Waals surface area (Å²) < 4.78 is 13.7. The molecule has 1 fully saturated rings. The molecule has 2 rings (SSSR count). The average molecular weight is 287 g/mol. The first-order valence-corrected chi connectivity index (χ1v) is 6.35. The van der Waals surface area contributed by atoms with Crippen LogP contribution in [0.25, 0.3) is 0 Å². The van der Waals surface area contributed by atoms with Crippen molar-refractivity contribution in [3.05, 3.63) is 35.6 Å². The summed E-state index contributed by atoms with van der Waals surface area (Å²) in [4.78, 5) is 11.8. The van der Waals surface area contributed by atoms with Crippen LogP contribution >= 0.6 is 12.4 Å². The van der Waals surface area contributed by atoms with Crippen molar-refractivity contribution in [2.75, 3.05) is 0 Å². The molecule has 1 aromatic carbocycles. The van der Waals surface area contributed by atoms with Crippen LogP contribution in [0.2, 0.25) is 0 Å². The van der Waals surface area contributed by atoms with Crippen molar-refractivity contribution in [3.8, 4) is 0 Å². The van der Waals surface area contributed by atoms with Gasteiger partial charge in [0.2, 0.25) is 5.91 Å². The van der Waals surface area contributed by atoms with E-state index in [9.17, 15) is 9.18 Å². The maximum absolute atomic E-state index is 13.7. The molecule has 3 nitrogen and oxygen atoms in total. The van der Waals surface area contributed by atoms with Crippen LogP contribution < -0.4 is 11.1 Å². The predicted molar refractivity (Wildman–Crippen MR) is 75.6 cm³/mol. The van der Waals surface area contributed by atoms with Gasteiger partial charge in [0.15, 0.2) is 0 Å². The molecule has 0 radical (unpaired) electrons. The lowest BCUT2D eigenvalue weighted by atomic mass is 10.0. The Morgan fingerprint density at radius 1 is 1.47 bits per heavy atom. The Morgan fingerprint density at radius 2 is 2.11 bits per heavy atom. The van der Waals surface area contributed by atoms with E-state index in [-0.39, 0.29) is 30.2 Å². The first-order chi connectivity index (χ1) is 8.53. The Kier molecular flexibility index (Phi) is 5.32. The van der Waals surface area contributed by atoms with Crippen LogP contribution in [0.3, 0.4) is 0 Å². The number of carbonyl (C=O) groups excluding carboxylic acids is 1. The minimum absolute atomic E-state index is 0. The van der Waals surface area contributed by atoms with E-state index < -0.39 is 5.54 Å². The molecule has 0 spiro atoms. The zero-order chi connectivity index (χ0) is 13.2. The van der Waals surface area contributed by atoms with Gasteiger partial charge < -0.3 is 11.1 Å². The van der Waals surface area contributed by atoms with Crippen LogP contribution in [0.4, 0.5) is 4.39 Å². The number of nitrogens with one attached hydrogen (secondary N) is 1. The van der Waals surface area contributed by atoms with E-state index in [1.54, 1.807) is 18.2 Å². The topological polar surface area (TPSA) is 55.1 Å². The molecule has 0 heterocycles. The second-order valence-electron chi connectivity index (χ2n) is 5.13. The minimum atomic E-state index is -0.472. The lowest BCUT2D eigenvalue weighted by Crippen LogP contribution is -2.36. The molecule has 0 aromatic heterocycles. The third-order valence-corrected chi connectivity index (χ3v) is 3.34. The Hall–Kier alpha value is -1.13. The summed E-state index contributed by atoms with van der Waals surface area (Å²) in [6.07, 6.45) is 2.66. The number of hydrogen-bond donors (Lipinski definition) is 2. The quantitative estimate of drug-likeness (QED) is 0.874. The molecule has 0 bridgehead atoms. The zero-order valence-corrected chi connectivity index (χ0v) is 11.8. The molecule has 0 aliphatic heterocycles. The molecule has 0 saturated heterocycles. The number of benzene rings is 1. The third kappa shape index (κ3) is 3.91. The molecule has 1 saturated carbocycles. The molecular formula is C14H20ClFN2O. The van der Waals surface area contributed by atoms with Crippen molar-refractivity contribution in [1.82, 2.24) is 5.32 Å². The lowest BCUT2D eigenvalue weighted by Gasteiger charge is -2.19. The third-order valence-electron chi connectivity index (χ3n) is 3.34. The highest BCUT2D eigenvalue weighted by molar-refractivity contribution is 5.85. The summed E-state index contributed by atoms with van der Waals surface area (Å²) >= 11 is 0. The maximum atomic E-state index is 13.7. The second-order valence-corrected chi connectivity index (χ2v) is 5.13. The minimum Gasteiger partial charge on any atom is -0.346 e. The first-order valence-electron chi connectivity index (χ1n) is 6.35. The van der Waals surface area contributed by atoms with Gasteiger partial charge in [-0.25, -0.2) is 4.39 Å². The van der Waals surface area contributed by atoms with Gasteiger partial charge in [0.25, 0.3) is 0 Å². The van der Waals surface area contributed by atoms with Crippen molar-refractivity contribution in [1.29, 1.82) is 0 Å². The molecule has 106 valence electrons. The van der Waals surface area contributed by atoms with E-state index in [4.69, 9.17) is 5.73 Å². The van der Waals surface area contributed by atoms with E-state index in [0.717, 1.165) is 12.8 Å². The van der Waals surface area contributed by atoms with E-state index in [0.29, 0.717) is 18.4 Å². The number of rotatable bonds is 5. The highest BCUT2D eigenvalue weighted by atomic mass is 35.5. The largest absolute Gasteiger partial charge is 0.346 e. The van der Waals surface area contributed by atoms with Gasteiger partial charge >= 0.3 is 0 Å². The number of carbonyl (C=O) groups is 1. The normalized spacial score (nSPS) is 17.2. The van der Waals surface area contributed by atoms with Crippen LogP contribution in [0, 0.1) is 5.82 Å². The molecule has 19 heavy (non-hydrogen) atoms. The van der Waals surface area contributed by atoms with Gasteiger partial charge in [-0.2, -0.15) is 0 Å². The van der Waals surface area contributed by atoms with E-state index >= 15 is 0 Å². The summed E-state index contributed by atoms with van der Waals surface area (Å²) in [6.45, 7) is 1.87.